The molecule has 0 bridgehead atoms. The van der Waals surface area contributed by atoms with Crippen molar-refractivity contribution < 1.29 is 9.59 Å². The summed E-state index contributed by atoms with van der Waals surface area (Å²) in [4.78, 5) is 29.0. The first-order valence-corrected chi connectivity index (χ1v) is 10.6. The van der Waals surface area contributed by atoms with Gasteiger partial charge in [-0.15, -0.1) is 0 Å². The summed E-state index contributed by atoms with van der Waals surface area (Å²) in [6.45, 7) is 9.35. The van der Waals surface area contributed by atoms with E-state index >= 15 is 0 Å². The molecule has 1 aromatic carbocycles. The zero-order chi connectivity index (χ0) is 19.9. The van der Waals surface area contributed by atoms with Crippen LogP contribution >= 0.6 is 0 Å². The Morgan fingerprint density at radius 3 is 1.57 bits per heavy atom. The van der Waals surface area contributed by atoms with Gasteiger partial charge in [0.05, 0.1) is 13.1 Å². The molecule has 154 valence electrons. The zero-order valence-electron chi connectivity index (χ0n) is 17.2. The largest absolute Gasteiger partial charge is 0.325 e. The van der Waals surface area contributed by atoms with Gasteiger partial charge in [0.25, 0.3) is 0 Å². The second-order valence-electron chi connectivity index (χ2n) is 8.64. The van der Waals surface area contributed by atoms with E-state index in [1.165, 1.54) is 25.7 Å². The van der Waals surface area contributed by atoms with Crippen molar-refractivity contribution in [3.8, 4) is 0 Å². The minimum Gasteiger partial charge on any atom is -0.325 e. The lowest BCUT2D eigenvalue weighted by Crippen LogP contribution is -2.39. The quantitative estimate of drug-likeness (QED) is 0.789. The van der Waals surface area contributed by atoms with Gasteiger partial charge < -0.3 is 10.6 Å². The minimum absolute atomic E-state index is 0.0186. The molecule has 6 nitrogen and oxygen atoms in total. The maximum atomic E-state index is 12.3. The Bertz CT molecular complexity index is 604. The van der Waals surface area contributed by atoms with Gasteiger partial charge >= 0.3 is 0 Å². The number of hydrogen-bond donors (Lipinski definition) is 2. The van der Waals surface area contributed by atoms with E-state index in [-0.39, 0.29) is 11.8 Å². The SMILES string of the molecule is CC1CCCN(CC(=O)Nc2ccc(NC(=O)CN3CCCC(C)C3)cc2)C1. The molecule has 28 heavy (non-hydrogen) atoms. The lowest BCUT2D eigenvalue weighted by molar-refractivity contribution is -0.118. The van der Waals surface area contributed by atoms with Crippen molar-refractivity contribution in [3.05, 3.63) is 24.3 Å². The van der Waals surface area contributed by atoms with Gasteiger partial charge in [0.2, 0.25) is 11.8 Å². The summed E-state index contributed by atoms with van der Waals surface area (Å²) in [6.07, 6.45) is 4.84. The molecule has 2 aliphatic rings. The number of carbonyl (C=O) groups is 2. The topological polar surface area (TPSA) is 64.7 Å². The molecular formula is C22H34N4O2. The maximum absolute atomic E-state index is 12.3. The molecule has 2 fully saturated rings. The molecule has 0 saturated carbocycles. The van der Waals surface area contributed by atoms with Crippen LogP contribution in [-0.4, -0.2) is 60.9 Å². The van der Waals surface area contributed by atoms with Gasteiger partial charge in [-0.1, -0.05) is 13.8 Å². The number of likely N-dealkylation sites (tertiary alicyclic amines) is 2. The van der Waals surface area contributed by atoms with Crippen LogP contribution in [0, 0.1) is 11.8 Å². The fourth-order valence-corrected chi connectivity index (χ4v) is 4.30. The Balaban J connectivity index is 1.42. The molecule has 2 heterocycles. The molecule has 0 radical (unpaired) electrons. The van der Waals surface area contributed by atoms with Crippen molar-refractivity contribution >= 4 is 23.2 Å². The molecule has 0 spiro atoms. The van der Waals surface area contributed by atoms with Crippen molar-refractivity contribution in [2.75, 3.05) is 49.9 Å². The van der Waals surface area contributed by atoms with E-state index in [1.54, 1.807) is 0 Å². The van der Waals surface area contributed by atoms with Gasteiger partial charge in [0, 0.05) is 24.5 Å². The van der Waals surface area contributed by atoms with E-state index in [1.807, 2.05) is 24.3 Å². The van der Waals surface area contributed by atoms with Gasteiger partial charge in [0.15, 0.2) is 0 Å². The molecular weight excluding hydrogens is 352 g/mol. The van der Waals surface area contributed by atoms with Crippen LogP contribution < -0.4 is 10.6 Å². The molecule has 3 rings (SSSR count). The van der Waals surface area contributed by atoms with Crippen molar-refractivity contribution in [1.29, 1.82) is 0 Å². The van der Waals surface area contributed by atoms with E-state index in [4.69, 9.17) is 0 Å². The van der Waals surface area contributed by atoms with Gasteiger partial charge in [0.1, 0.15) is 0 Å². The fraction of sp³-hybridized carbons (Fsp3) is 0.636. The average molecular weight is 387 g/mol. The molecule has 1 aromatic rings. The van der Waals surface area contributed by atoms with E-state index in [9.17, 15) is 9.59 Å². The van der Waals surface area contributed by atoms with Crippen LogP contribution in [0.3, 0.4) is 0 Å². The second kappa shape index (κ2) is 10.0. The molecule has 0 aromatic heterocycles. The predicted molar refractivity (Wildman–Crippen MR) is 113 cm³/mol. The number of carbonyl (C=O) groups excluding carboxylic acids is 2. The molecule has 6 heteroatoms. The van der Waals surface area contributed by atoms with Crippen molar-refractivity contribution in [2.45, 2.75) is 39.5 Å². The normalized spacial score (nSPS) is 23.9. The Labute approximate surface area is 168 Å². The van der Waals surface area contributed by atoms with E-state index < -0.39 is 0 Å². The highest BCUT2D eigenvalue weighted by Gasteiger charge is 2.19. The Morgan fingerprint density at radius 1 is 0.821 bits per heavy atom. The Morgan fingerprint density at radius 2 is 1.21 bits per heavy atom. The molecule has 2 saturated heterocycles. The van der Waals surface area contributed by atoms with E-state index in [2.05, 4.69) is 34.3 Å². The van der Waals surface area contributed by atoms with Crippen LogP contribution in [0.15, 0.2) is 24.3 Å². The highest BCUT2D eigenvalue weighted by molar-refractivity contribution is 5.94. The third kappa shape index (κ3) is 6.60. The summed E-state index contributed by atoms with van der Waals surface area (Å²) in [6, 6.07) is 7.37. The fourth-order valence-electron chi connectivity index (χ4n) is 4.30. The number of nitrogens with one attached hydrogen (secondary N) is 2. The number of nitrogens with zero attached hydrogens (tertiary/aromatic N) is 2. The van der Waals surface area contributed by atoms with Crippen LogP contribution in [0.2, 0.25) is 0 Å². The van der Waals surface area contributed by atoms with Crippen molar-refractivity contribution in [3.63, 3.8) is 0 Å². The Kier molecular flexibility index (Phi) is 7.45. The summed E-state index contributed by atoms with van der Waals surface area (Å²) in [5.74, 6) is 1.37. The summed E-state index contributed by atoms with van der Waals surface area (Å²) in [5, 5.41) is 5.91. The lowest BCUT2D eigenvalue weighted by atomic mass is 10.0. The highest BCUT2D eigenvalue weighted by atomic mass is 16.2. The number of rotatable bonds is 6. The van der Waals surface area contributed by atoms with Crippen LogP contribution in [0.1, 0.15) is 39.5 Å². The number of amides is 2. The molecule has 2 N–H and O–H groups in total. The highest BCUT2D eigenvalue weighted by Crippen LogP contribution is 2.18. The molecule has 2 atom stereocenters. The van der Waals surface area contributed by atoms with E-state index in [0.29, 0.717) is 24.9 Å². The summed E-state index contributed by atoms with van der Waals surface area (Å²) in [5.41, 5.74) is 1.52. The van der Waals surface area contributed by atoms with Crippen LogP contribution in [0.4, 0.5) is 11.4 Å². The average Bonchev–Trinajstić information content (AvgIpc) is 2.63. The molecule has 2 unspecified atom stereocenters. The number of benzene rings is 1. The van der Waals surface area contributed by atoms with Gasteiger partial charge in [-0.3, -0.25) is 19.4 Å². The number of anilines is 2. The summed E-state index contributed by atoms with van der Waals surface area (Å²) >= 11 is 0. The van der Waals surface area contributed by atoms with Crippen molar-refractivity contribution in [2.24, 2.45) is 11.8 Å². The molecule has 2 amide bonds. The lowest BCUT2D eigenvalue weighted by Gasteiger charge is -2.30. The van der Waals surface area contributed by atoms with Crippen LogP contribution in [0.5, 0.6) is 0 Å². The van der Waals surface area contributed by atoms with Gasteiger partial charge in [-0.25, -0.2) is 0 Å². The first-order valence-electron chi connectivity index (χ1n) is 10.6. The third-order valence-corrected chi connectivity index (χ3v) is 5.67. The maximum Gasteiger partial charge on any atom is 0.238 e. The molecule has 0 aliphatic carbocycles. The standard InChI is InChI=1S/C22H34N4O2/c1-17-5-3-11-25(13-17)15-21(27)23-19-7-9-20(10-8-19)24-22(28)16-26-12-4-6-18(2)14-26/h7-10,17-18H,3-6,11-16H2,1-2H3,(H,23,27)(H,24,28). The molecule has 2 aliphatic heterocycles. The second-order valence-corrected chi connectivity index (χ2v) is 8.64. The minimum atomic E-state index is 0.0186. The van der Waals surface area contributed by atoms with Crippen LogP contribution in [-0.2, 0) is 9.59 Å². The zero-order valence-corrected chi connectivity index (χ0v) is 17.2. The van der Waals surface area contributed by atoms with Crippen molar-refractivity contribution in [1.82, 2.24) is 9.80 Å². The number of piperidine rings is 2. The number of hydrogen-bond acceptors (Lipinski definition) is 4. The predicted octanol–water partition coefficient (Wildman–Crippen LogP) is 3.03. The third-order valence-electron chi connectivity index (χ3n) is 5.67. The smallest absolute Gasteiger partial charge is 0.238 e. The monoisotopic (exact) mass is 386 g/mol. The van der Waals surface area contributed by atoms with E-state index in [0.717, 1.165) is 37.6 Å². The van der Waals surface area contributed by atoms with Crippen LogP contribution in [0.25, 0.3) is 0 Å². The first kappa shape index (κ1) is 20.8. The van der Waals surface area contributed by atoms with Gasteiger partial charge in [-0.2, -0.15) is 0 Å². The van der Waals surface area contributed by atoms with Gasteiger partial charge in [-0.05, 0) is 74.9 Å². The summed E-state index contributed by atoms with van der Waals surface area (Å²) in [7, 11) is 0. The summed E-state index contributed by atoms with van der Waals surface area (Å²) < 4.78 is 0. The first-order chi connectivity index (χ1) is 13.5. The Hall–Kier alpha value is -1.92.